The lowest BCUT2D eigenvalue weighted by molar-refractivity contribution is 0.414. The summed E-state index contributed by atoms with van der Waals surface area (Å²) in [6, 6.07) is 20.9. The topological polar surface area (TPSA) is 67.3 Å². The first-order chi connectivity index (χ1) is 13.7. The van der Waals surface area contributed by atoms with Crippen molar-refractivity contribution in [2.75, 3.05) is 12.4 Å². The number of phenolic OH excluding ortho intramolecular Hbond substituents is 1. The van der Waals surface area contributed by atoms with Crippen LogP contribution in [0, 0.1) is 6.92 Å². The molecule has 2 aromatic carbocycles. The van der Waals surface area contributed by atoms with E-state index in [1.54, 1.807) is 13.3 Å². The van der Waals surface area contributed by atoms with Gasteiger partial charge in [-0.2, -0.15) is 0 Å². The van der Waals surface area contributed by atoms with Crippen molar-refractivity contribution in [3.05, 3.63) is 89.7 Å². The first kappa shape index (κ1) is 17.8. The Morgan fingerprint density at radius 1 is 1.00 bits per heavy atom. The van der Waals surface area contributed by atoms with Gasteiger partial charge in [-0.3, -0.25) is 0 Å². The minimum Gasteiger partial charge on any atom is -0.505 e. The fourth-order valence-corrected chi connectivity index (χ4v) is 3.28. The Morgan fingerprint density at radius 2 is 1.86 bits per heavy atom. The highest BCUT2D eigenvalue weighted by atomic mass is 16.5. The normalized spacial score (nSPS) is 11.9. The minimum atomic E-state index is -0.322. The molecule has 2 aromatic heterocycles. The predicted molar refractivity (Wildman–Crippen MR) is 111 cm³/mol. The van der Waals surface area contributed by atoms with Crippen molar-refractivity contribution in [1.82, 2.24) is 9.97 Å². The van der Waals surface area contributed by atoms with Crippen molar-refractivity contribution in [3.8, 4) is 11.5 Å². The van der Waals surface area contributed by atoms with Crippen LogP contribution in [0.3, 0.4) is 0 Å². The zero-order chi connectivity index (χ0) is 19.5. The van der Waals surface area contributed by atoms with Crippen molar-refractivity contribution < 1.29 is 9.84 Å². The van der Waals surface area contributed by atoms with Gasteiger partial charge in [-0.1, -0.05) is 36.4 Å². The van der Waals surface area contributed by atoms with E-state index in [0.29, 0.717) is 11.3 Å². The molecule has 0 amide bonds. The number of hydrogen-bond donors (Lipinski definition) is 2. The summed E-state index contributed by atoms with van der Waals surface area (Å²) >= 11 is 0. The first-order valence-corrected chi connectivity index (χ1v) is 9.06. The lowest BCUT2D eigenvalue weighted by atomic mass is 9.96. The maximum absolute atomic E-state index is 11.1. The number of benzene rings is 2. The zero-order valence-corrected chi connectivity index (χ0v) is 15.8. The molecular weight excluding hydrogens is 350 g/mol. The van der Waals surface area contributed by atoms with Crippen molar-refractivity contribution in [3.63, 3.8) is 0 Å². The van der Waals surface area contributed by atoms with E-state index in [-0.39, 0.29) is 11.8 Å². The highest BCUT2D eigenvalue weighted by Crippen LogP contribution is 2.37. The van der Waals surface area contributed by atoms with Gasteiger partial charge in [-0.25, -0.2) is 9.97 Å². The lowest BCUT2D eigenvalue weighted by Gasteiger charge is -2.22. The van der Waals surface area contributed by atoms with Crippen LogP contribution in [0.4, 0.5) is 5.82 Å². The number of aromatic hydroxyl groups is 1. The number of rotatable bonds is 5. The zero-order valence-electron chi connectivity index (χ0n) is 15.8. The maximum Gasteiger partial charge on any atom is 0.147 e. The molecule has 4 aromatic rings. The van der Waals surface area contributed by atoms with Crippen LogP contribution in [-0.2, 0) is 0 Å². The Labute approximate surface area is 163 Å². The lowest BCUT2D eigenvalue weighted by Crippen LogP contribution is -2.14. The van der Waals surface area contributed by atoms with Gasteiger partial charge < -0.3 is 15.2 Å². The molecule has 2 N–H and O–H groups in total. The number of hydrogen-bond acceptors (Lipinski definition) is 5. The molecule has 1 unspecified atom stereocenters. The van der Waals surface area contributed by atoms with Gasteiger partial charge in [0.15, 0.2) is 0 Å². The molecule has 0 aliphatic heterocycles. The molecule has 28 heavy (non-hydrogen) atoms. The number of phenols is 1. The Hall–Kier alpha value is -3.60. The van der Waals surface area contributed by atoms with Gasteiger partial charge in [0.05, 0.1) is 13.2 Å². The summed E-state index contributed by atoms with van der Waals surface area (Å²) in [5.41, 5.74) is 3.13. The largest absolute Gasteiger partial charge is 0.505 e. The maximum atomic E-state index is 11.1. The molecular formula is C23H21N3O2. The standard InChI is InChI=1S/C23H21N3O2/c1-15-9-10-16-11-12-19(23(27)22(16)25-15)21(26-20-8-3-4-13-24-20)17-6-5-7-18(14-17)28-2/h3-14,21,27H,1-2H3,(H,24,26). The number of anilines is 1. The summed E-state index contributed by atoms with van der Waals surface area (Å²) in [4.78, 5) is 8.91. The van der Waals surface area contributed by atoms with Crippen molar-refractivity contribution in [2.45, 2.75) is 13.0 Å². The number of methoxy groups -OCH3 is 1. The Morgan fingerprint density at radius 3 is 2.64 bits per heavy atom. The fraction of sp³-hybridized carbons (Fsp3) is 0.130. The van der Waals surface area contributed by atoms with E-state index < -0.39 is 0 Å². The van der Waals surface area contributed by atoms with Crippen molar-refractivity contribution in [1.29, 1.82) is 0 Å². The molecule has 4 rings (SSSR count). The van der Waals surface area contributed by atoms with Gasteiger partial charge in [0.1, 0.15) is 22.8 Å². The molecule has 2 heterocycles. The van der Waals surface area contributed by atoms with Crippen LogP contribution in [-0.4, -0.2) is 22.2 Å². The second-order valence-corrected chi connectivity index (χ2v) is 6.60. The highest BCUT2D eigenvalue weighted by Gasteiger charge is 2.21. The average Bonchev–Trinajstić information content (AvgIpc) is 2.74. The summed E-state index contributed by atoms with van der Waals surface area (Å²) in [6.45, 7) is 1.91. The summed E-state index contributed by atoms with van der Waals surface area (Å²) < 4.78 is 5.39. The van der Waals surface area contributed by atoms with E-state index in [9.17, 15) is 5.11 Å². The quantitative estimate of drug-likeness (QED) is 0.525. The van der Waals surface area contributed by atoms with Crippen LogP contribution in [0.25, 0.3) is 10.9 Å². The van der Waals surface area contributed by atoms with Gasteiger partial charge in [0.25, 0.3) is 0 Å². The molecule has 5 heteroatoms. The van der Waals surface area contributed by atoms with Crippen LogP contribution in [0.2, 0.25) is 0 Å². The highest BCUT2D eigenvalue weighted by molar-refractivity contribution is 5.86. The van der Waals surface area contributed by atoms with Gasteiger partial charge in [0.2, 0.25) is 0 Å². The van der Waals surface area contributed by atoms with Crippen LogP contribution in [0.5, 0.6) is 11.5 Å². The van der Waals surface area contributed by atoms with Crippen molar-refractivity contribution in [2.24, 2.45) is 0 Å². The second-order valence-electron chi connectivity index (χ2n) is 6.60. The Balaban J connectivity index is 1.87. The molecule has 1 atom stereocenters. The van der Waals surface area contributed by atoms with Gasteiger partial charge >= 0.3 is 0 Å². The molecule has 5 nitrogen and oxygen atoms in total. The van der Waals surface area contributed by atoms with Gasteiger partial charge in [0, 0.05) is 22.8 Å². The molecule has 0 saturated heterocycles. The monoisotopic (exact) mass is 371 g/mol. The summed E-state index contributed by atoms with van der Waals surface area (Å²) in [5, 5.41) is 15.4. The van der Waals surface area contributed by atoms with E-state index in [1.165, 1.54) is 0 Å². The molecule has 0 aliphatic rings. The van der Waals surface area contributed by atoms with Gasteiger partial charge in [-0.15, -0.1) is 0 Å². The number of aryl methyl sites for hydroxylation is 1. The van der Waals surface area contributed by atoms with E-state index in [2.05, 4.69) is 15.3 Å². The summed E-state index contributed by atoms with van der Waals surface area (Å²) in [5.74, 6) is 1.63. The molecule has 0 spiro atoms. The average molecular weight is 371 g/mol. The third-order valence-electron chi connectivity index (χ3n) is 4.70. The molecule has 0 saturated carbocycles. The molecule has 0 aliphatic carbocycles. The van der Waals surface area contributed by atoms with Crippen LogP contribution in [0.15, 0.2) is 72.9 Å². The Bertz CT molecular complexity index is 1110. The Kier molecular flexibility index (Phi) is 4.81. The SMILES string of the molecule is COc1cccc(C(Nc2ccccn2)c2ccc3ccc(C)nc3c2O)c1. The molecule has 0 bridgehead atoms. The van der Waals surface area contributed by atoms with E-state index in [0.717, 1.165) is 28.0 Å². The number of aromatic nitrogens is 2. The number of ether oxygens (including phenoxy) is 1. The smallest absolute Gasteiger partial charge is 0.147 e. The summed E-state index contributed by atoms with van der Waals surface area (Å²) in [6.07, 6.45) is 1.73. The third kappa shape index (κ3) is 3.47. The minimum absolute atomic E-state index is 0.164. The molecule has 0 radical (unpaired) electrons. The van der Waals surface area contributed by atoms with E-state index in [4.69, 9.17) is 4.74 Å². The van der Waals surface area contributed by atoms with Gasteiger partial charge in [-0.05, 0) is 42.8 Å². The number of fused-ring (bicyclic) bond motifs is 1. The molecule has 140 valence electrons. The van der Waals surface area contributed by atoms with E-state index in [1.807, 2.05) is 73.7 Å². The third-order valence-corrected chi connectivity index (χ3v) is 4.70. The van der Waals surface area contributed by atoms with Crippen LogP contribution in [0.1, 0.15) is 22.9 Å². The summed E-state index contributed by atoms with van der Waals surface area (Å²) in [7, 11) is 1.64. The van der Waals surface area contributed by atoms with E-state index >= 15 is 0 Å². The predicted octanol–water partition coefficient (Wildman–Crippen LogP) is 4.85. The van der Waals surface area contributed by atoms with Crippen molar-refractivity contribution >= 4 is 16.7 Å². The number of nitrogens with zero attached hydrogens (tertiary/aromatic N) is 2. The fourth-order valence-electron chi connectivity index (χ4n) is 3.28. The first-order valence-electron chi connectivity index (χ1n) is 9.06. The molecule has 0 fully saturated rings. The second kappa shape index (κ2) is 7.56. The number of pyridine rings is 2. The number of nitrogens with one attached hydrogen (secondary N) is 1. The van der Waals surface area contributed by atoms with Crippen LogP contribution < -0.4 is 10.1 Å². The van der Waals surface area contributed by atoms with Crippen LogP contribution >= 0.6 is 0 Å².